The number of hydrogen-bond acceptors (Lipinski definition) is 3. The van der Waals surface area contributed by atoms with Gasteiger partial charge < -0.3 is 9.47 Å². The predicted molar refractivity (Wildman–Crippen MR) is 98.9 cm³/mol. The van der Waals surface area contributed by atoms with E-state index in [1.54, 1.807) is 0 Å². The first-order chi connectivity index (χ1) is 12.1. The van der Waals surface area contributed by atoms with Crippen LogP contribution in [0.5, 0.6) is 11.5 Å². The van der Waals surface area contributed by atoms with Gasteiger partial charge in [-0.25, -0.2) is 0 Å². The van der Waals surface area contributed by atoms with Crippen molar-refractivity contribution in [2.75, 3.05) is 6.61 Å². The van der Waals surface area contributed by atoms with Crippen LogP contribution < -0.4 is 4.74 Å². The monoisotopic (exact) mass is 338 g/mol. The lowest BCUT2D eigenvalue weighted by Crippen LogP contribution is -2.33. The fourth-order valence-electron chi connectivity index (χ4n) is 3.66. The second-order valence-electron chi connectivity index (χ2n) is 7.21. The lowest BCUT2D eigenvalue weighted by atomic mass is 9.59. The van der Waals surface area contributed by atoms with Crippen LogP contribution in [0, 0.1) is 5.41 Å². The average Bonchev–Trinajstić information content (AvgIpc) is 2.59. The summed E-state index contributed by atoms with van der Waals surface area (Å²) in [6.07, 6.45) is 3.65. The quantitative estimate of drug-likeness (QED) is 0.607. The maximum atomic E-state index is 11.6. The van der Waals surface area contributed by atoms with E-state index in [0.717, 1.165) is 30.8 Å². The Morgan fingerprint density at radius 2 is 1.80 bits per heavy atom. The molecule has 3 nitrogen and oxygen atoms in total. The molecule has 1 aliphatic carbocycles. The normalized spacial score (nSPS) is 22.1. The number of ether oxygens (including phenoxy) is 2. The molecule has 0 bridgehead atoms. The van der Waals surface area contributed by atoms with Crippen molar-refractivity contribution >= 4 is 5.97 Å². The summed E-state index contributed by atoms with van der Waals surface area (Å²) in [7, 11) is 0. The topological polar surface area (TPSA) is 35.5 Å². The molecule has 0 spiro atoms. The number of carbonyl (C=O) groups excluding carboxylic acids is 1. The molecule has 3 rings (SSSR count). The minimum Gasteiger partial charge on any atom is -0.466 e. The van der Waals surface area contributed by atoms with Gasteiger partial charge in [0.2, 0.25) is 0 Å². The molecule has 2 aromatic rings. The van der Waals surface area contributed by atoms with E-state index in [1.807, 2.05) is 43.3 Å². The molecule has 0 saturated heterocycles. The van der Waals surface area contributed by atoms with Gasteiger partial charge >= 0.3 is 5.97 Å². The first-order valence-corrected chi connectivity index (χ1v) is 9.06. The third kappa shape index (κ3) is 4.62. The third-order valence-corrected chi connectivity index (χ3v) is 5.02. The van der Waals surface area contributed by atoms with Crippen LogP contribution in [-0.2, 0) is 9.53 Å². The molecule has 0 N–H and O–H groups in total. The molecular formula is C22H26O3. The number of para-hydroxylation sites is 1. The van der Waals surface area contributed by atoms with Crippen LogP contribution in [0.4, 0.5) is 0 Å². The highest BCUT2D eigenvalue weighted by Crippen LogP contribution is 2.53. The van der Waals surface area contributed by atoms with E-state index in [4.69, 9.17) is 9.47 Å². The fourth-order valence-corrected chi connectivity index (χ4v) is 3.66. The number of carbonyl (C=O) groups is 1. The summed E-state index contributed by atoms with van der Waals surface area (Å²) in [4.78, 5) is 11.6. The summed E-state index contributed by atoms with van der Waals surface area (Å²) in [5.41, 5.74) is 1.57. The molecule has 1 aliphatic rings. The van der Waals surface area contributed by atoms with Gasteiger partial charge in [0.05, 0.1) is 6.61 Å². The van der Waals surface area contributed by atoms with E-state index in [2.05, 4.69) is 25.1 Å². The van der Waals surface area contributed by atoms with Gasteiger partial charge in [-0.15, -0.1) is 0 Å². The van der Waals surface area contributed by atoms with Gasteiger partial charge in [-0.1, -0.05) is 37.3 Å². The van der Waals surface area contributed by atoms with Crippen molar-refractivity contribution in [3.05, 3.63) is 60.2 Å². The van der Waals surface area contributed by atoms with Gasteiger partial charge in [0.15, 0.2) is 0 Å². The molecule has 0 atom stereocenters. The predicted octanol–water partition coefficient (Wildman–Crippen LogP) is 5.71. The Kier molecular flexibility index (Phi) is 5.42. The molecule has 25 heavy (non-hydrogen) atoms. The van der Waals surface area contributed by atoms with Crippen LogP contribution in [0.15, 0.2) is 54.6 Å². The van der Waals surface area contributed by atoms with Crippen LogP contribution >= 0.6 is 0 Å². The Bertz CT molecular complexity index is 702. The Morgan fingerprint density at radius 1 is 1.08 bits per heavy atom. The molecule has 1 fully saturated rings. The average molecular weight is 338 g/mol. The van der Waals surface area contributed by atoms with Crippen LogP contribution in [-0.4, -0.2) is 12.6 Å². The molecule has 0 aliphatic heterocycles. The third-order valence-electron chi connectivity index (χ3n) is 5.02. The van der Waals surface area contributed by atoms with E-state index >= 15 is 0 Å². The molecule has 0 unspecified atom stereocenters. The highest BCUT2D eigenvalue weighted by atomic mass is 16.5. The van der Waals surface area contributed by atoms with Crippen molar-refractivity contribution < 1.29 is 14.3 Å². The Morgan fingerprint density at radius 3 is 2.52 bits per heavy atom. The molecule has 0 amide bonds. The molecule has 132 valence electrons. The minimum absolute atomic E-state index is 0.0783. The largest absolute Gasteiger partial charge is 0.466 e. The number of esters is 1. The molecule has 3 heteroatoms. The van der Waals surface area contributed by atoms with E-state index in [0.29, 0.717) is 18.9 Å². The van der Waals surface area contributed by atoms with Crippen LogP contribution in [0.3, 0.4) is 0 Å². The van der Waals surface area contributed by atoms with E-state index in [1.165, 1.54) is 5.56 Å². The fraction of sp³-hybridized carbons (Fsp3) is 0.409. The van der Waals surface area contributed by atoms with Crippen molar-refractivity contribution in [3.63, 3.8) is 0 Å². The summed E-state index contributed by atoms with van der Waals surface area (Å²) < 4.78 is 11.0. The lowest BCUT2D eigenvalue weighted by molar-refractivity contribution is -0.144. The van der Waals surface area contributed by atoms with Crippen molar-refractivity contribution in [3.8, 4) is 11.5 Å². The lowest BCUT2D eigenvalue weighted by Gasteiger charge is -2.46. The molecule has 1 saturated carbocycles. The Labute approximate surface area is 150 Å². The summed E-state index contributed by atoms with van der Waals surface area (Å²) in [6, 6.07) is 18.2. The Balaban J connectivity index is 1.55. The van der Waals surface area contributed by atoms with Gasteiger partial charge in [-0.2, -0.15) is 0 Å². The maximum absolute atomic E-state index is 11.6. The SMILES string of the molecule is CCOC(=O)CC[C@]1(C)C[C@H](c2cccc(Oc3ccccc3)c2)C1. The summed E-state index contributed by atoms with van der Waals surface area (Å²) in [6.45, 7) is 4.59. The first kappa shape index (κ1) is 17.5. The Hall–Kier alpha value is -2.29. The first-order valence-electron chi connectivity index (χ1n) is 9.06. The summed E-state index contributed by atoms with van der Waals surface area (Å²) >= 11 is 0. The van der Waals surface area contributed by atoms with Gasteiger partial charge in [-0.05, 0) is 67.3 Å². The molecule has 2 aromatic carbocycles. The van der Waals surface area contributed by atoms with E-state index in [-0.39, 0.29) is 11.4 Å². The summed E-state index contributed by atoms with van der Waals surface area (Å²) in [5, 5.41) is 0. The zero-order chi connectivity index (χ0) is 17.7. The smallest absolute Gasteiger partial charge is 0.305 e. The molecule has 0 heterocycles. The summed E-state index contributed by atoms with van der Waals surface area (Å²) in [5.74, 6) is 2.20. The molecular weight excluding hydrogens is 312 g/mol. The molecule has 0 aromatic heterocycles. The zero-order valence-corrected chi connectivity index (χ0v) is 15.0. The number of benzene rings is 2. The van der Waals surface area contributed by atoms with E-state index < -0.39 is 0 Å². The van der Waals surface area contributed by atoms with Gasteiger partial charge in [0.1, 0.15) is 11.5 Å². The van der Waals surface area contributed by atoms with Gasteiger partial charge in [-0.3, -0.25) is 4.79 Å². The van der Waals surface area contributed by atoms with Crippen molar-refractivity contribution in [2.45, 2.75) is 45.4 Å². The number of hydrogen-bond donors (Lipinski definition) is 0. The van der Waals surface area contributed by atoms with Crippen LogP contribution in [0.1, 0.15) is 51.0 Å². The van der Waals surface area contributed by atoms with Crippen molar-refractivity contribution in [1.29, 1.82) is 0 Å². The highest BCUT2D eigenvalue weighted by molar-refractivity contribution is 5.69. The van der Waals surface area contributed by atoms with Gasteiger partial charge in [0, 0.05) is 6.42 Å². The van der Waals surface area contributed by atoms with Crippen molar-refractivity contribution in [1.82, 2.24) is 0 Å². The van der Waals surface area contributed by atoms with Gasteiger partial charge in [0.25, 0.3) is 0 Å². The van der Waals surface area contributed by atoms with Crippen LogP contribution in [0.25, 0.3) is 0 Å². The van der Waals surface area contributed by atoms with Crippen LogP contribution in [0.2, 0.25) is 0 Å². The maximum Gasteiger partial charge on any atom is 0.305 e. The minimum atomic E-state index is -0.0783. The van der Waals surface area contributed by atoms with Crippen molar-refractivity contribution in [2.24, 2.45) is 5.41 Å². The van der Waals surface area contributed by atoms with E-state index in [9.17, 15) is 4.79 Å². The second-order valence-corrected chi connectivity index (χ2v) is 7.21. The number of rotatable bonds is 7. The highest BCUT2D eigenvalue weighted by Gasteiger charge is 2.40. The second kappa shape index (κ2) is 7.73. The standard InChI is InChI=1S/C22H26O3/c1-3-24-21(23)12-13-22(2)15-18(16-22)17-8-7-11-20(14-17)25-19-9-5-4-6-10-19/h4-11,14,18H,3,12-13,15-16H2,1-2H3/t18-,22+. The zero-order valence-electron chi connectivity index (χ0n) is 15.0. The molecule has 0 radical (unpaired) electrons.